The number of rotatable bonds is 6. The molecule has 0 bridgehead atoms. The molecule has 1 aromatic rings. The summed E-state index contributed by atoms with van der Waals surface area (Å²) in [6.07, 6.45) is 1.63. The molecule has 1 heterocycles. The number of nitrogens with zero attached hydrogens (tertiary/aromatic N) is 2. The van der Waals surface area contributed by atoms with Crippen molar-refractivity contribution < 1.29 is 9.90 Å². The fourth-order valence-corrected chi connectivity index (χ4v) is 1.83. The third-order valence-corrected chi connectivity index (χ3v) is 2.95. The number of carbonyl (C=O) groups is 1. The molecular formula is C10H16N2O2S. The van der Waals surface area contributed by atoms with Crippen molar-refractivity contribution in [2.45, 2.75) is 19.9 Å². The number of aliphatic hydroxyl groups excluding tert-OH is 1. The zero-order valence-electron chi connectivity index (χ0n) is 9.01. The molecule has 84 valence electrons. The average molecular weight is 228 g/mol. The van der Waals surface area contributed by atoms with Crippen LogP contribution in [0.3, 0.4) is 0 Å². The minimum Gasteiger partial charge on any atom is -0.395 e. The van der Waals surface area contributed by atoms with E-state index in [9.17, 15) is 4.79 Å². The van der Waals surface area contributed by atoms with Crippen LogP contribution in [0.15, 0.2) is 11.6 Å². The maximum atomic E-state index is 11.7. The number of hydrogen-bond donors (Lipinski definition) is 1. The zero-order chi connectivity index (χ0) is 11.3. The minimum absolute atomic E-state index is 0.0205. The first-order valence-corrected chi connectivity index (χ1v) is 5.80. The number of aromatic nitrogens is 1. The van der Waals surface area contributed by atoms with E-state index in [2.05, 4.69) is 4.98 Å². The van der Waals surface area contributed by atoms with Crippen LogP contribution in [0.5, 0.6) is 0 Å². The fraction of sp³-hybridized carbons (Fsp3) is 0.600. The molecule has 4 nitrogen and oxygen atoms in total. The van der Waals surface area contributed by atoms with Crippen LogP contribution in [0.2, 0.25) is 0 Å². The van der Waals surface area contributed by atoms with Gasteiger partial charge in [-0.2, -0.15) is 0 Å². The van der Waals surface area contributed by atoms with Gasteiger partial charge in [0.1, 0.15) is 0 Å². The van der Waals surface area contributed by atoms with E-state index in [0.717, 1.165) is 0 Å². The van der Waals surface area contributed by atoms with Gasteiger partial charge < -0.3 is 5.11 Å². The summed E-state index contributed by atoms with van der Waals surface area (Å²) in [4.78, 5) is 17.6. The molecule has 1 aromatic heterocycles. The van der Waals surface area contributed by atoms with E-state index < -0.39 is 0 Å². The zero-order valence-corrected chi connectivity index (χ0v) is 9.83. The van der Waals surface area contributed by atoms with Crippen LogP contribution in [-0.2, 0) is 0 Å². The first kappa shape index (κ1) is 12.3. The maximum Gasteiger partial charge on any atom is 0.205 e. The van der Waals surface area contributed by atoms with Gasteiger partial charge in [0.25, 0.3) is 0 Å². The Morgan fingerprint density at radius 3 is 2.87 bits per heavy atom. The lowest BCUT2D eigenvalue weighted by atomic mass is 10.3. The molecule has 0 aliphatic rings. The van der Waals surface area contributed by atoms with Crippen molar-refractivity contribution in [2.75, 3.05) is 19.7 Å². The molecule has 5 heteroatoms. The maximum absolute atomic E-state index is 11.7. The van der Waals surface area contributed by atoms with Gasteiger partial charge in [-0.05, 0) is 13.8 Å². The van der Waals surface area contributed by atoms with Crippen LogP contribution >= 0.6 is 11.3 Å². The van der Waals surface area contributed by atoms with Gasteiger partial charge in [0.05, 0.1) is 13.2 Å². The second-order valence-electron chi connectivity index (χ2n) is 3.55. The summed E-state index contributed by atoms with van der Waals surface area (Å²) in [6.45, 7) is 4.93. The first-order valence-electron chi connectivity index (χ1n) is 4.92. The standard InChI is InChI=1S/C10H16N2O2S/c1-8(2)12(4-5-13)7-9(14)10-11-3-6-15-10/h3,6,8,13H,4-5,7H2,1-2H3. The minimum atomic E-state index is 0.0205. The Morgan fingerprint density at radius 1 is 1.67 bits per heavy atom. The van der Waals surface area contributed by atoms with E-state index in [4.69, 9.17) is 5.11 Å². The molecule has 0 saturated carbocycles. The van der Waals surface area contributed by atoms with Gasteiger partial charge in [0.15, 0.2) is 5.01 Å². The van der Waals surface area contributed by atoms with Crippen LogP contribution in [0.4, 0.5) is 0 Å². The van der Waals surface area contributed by atoms with E-state index >= 15 is 0 Å². The van der Waals surface area contributed by atoms with Crippen molar-refractivity contribution >= 4 is 17.1 Å². The molecule has 0 radical (unpaired) electrons. The molecule has 1 rings (SSSR count). The molecule has 0 spiro atoms. The summed E-state index contributed by atoms with van der Waals surface area (Å²) in [5, 5.41) is 11.2. The second-order valence-corrected chi connectivity index (χ2v) is 4.44. The molecule has 0 aliphatic heterocycles. The Kier molecular flexibility index (Phi) is 4.87. The average Bonchev–Trinajstić information content (AvgIpc) is 2.69. The largest absolute Gasteiger partial charge is 0.395 e. The molecule has 0 saturated heterocycles. The van der Waals surface area contributed by atoms with Gasteiger partial charge in [0.2, 0.25) is 5.78 Å². The predicted octanol–water partition coefficient (Wildman–Crippen LogP) is 1.03. The Balaban J connectivity index is 2.55. The van der Waals surface area contributed by atoms with Gasteiger partial charge >= 0.3 is 0 Å². The molecule has 0 fully saturated rings. The van der Waals surface area contributed by atoms with Gasteiger partial charge in [-0.25, -0.2) is 4.98 Å². The summed E-state index contributed by atoms with van der Waals surface area (Å²) in [5.74, 6) is 0.0205. The third-order valence-electron chi connectivity index (χ3n) is 2.14. The quantitative estimate of drug-likeness (QED) is 0.739. The number of thiazole rings is 1. The van der Waals surface area contributed by atoms with Crippen LogP contribution in [0.1, 0.15) is 23.6 Å². The molecule has 0 unspecified atom stereocenters. The summed E-state index contributed by atoms with van der Waals surface area (Å²) in [7, 11) is 0. The molecule has 0 amide bonds. The topological polar surface area (TPSA) is 53.4 Å². The van der Waals surface area contributed by atoms with Crippen LogP contribution in [0.25, 0.3) is 0 Å². The SMILES string of the molecule is CC(C)N(CCO)CC(=O)c1nccs1. The van der Waals surface area contributed by atoms with Crippen molar-refractivity contribution in [1.82, 2.24) is 9.88 Å². The van der Waals surface area contributed by atoms with E-state index in [-0.39, 0.29) is 18.4 Å². The van der Waals surface area contributed by atoms with E-state index in [1.54, 1.807) is 11.6 Å². The monoisotopic (exact) mass is 228 g/mol. The molecule has 0 atom stereocenters. The first-order chi connectivity index (χ1) is 7.15. The number of aliphatic hydroxyl groups is 1. The molecule has 0 aromatic carbocycles. The highest BCUT2D eigenvalue weighted by Crippen LogP contribution is 2.07. The fourth-order valence-electron chi connectivity index (χ4n) is 1.26. The van der Waals surface area contributed by atoms with E-state index in [0.29, 0.717) is 18.1 Å². The van der Waals surface area contributed by atoms with Crippen molar-refractivity contribution in [2.24, 2.45) is 0 Å². The summed E-state index contributed by atoms with van der Waals surface area (Å²) in [5.41, 5.74) is 0. The third kappa shape index (κ3) is 3.70. The van der Waals surface area contributed by atoms with Crippen LogP contribution in [-0.4, -0.2) is 46.5 Å². The summed E-state index contributed by atoms with van der Waals surface area (Å²) >= 11 is 1.35. The lowest BCUT2D eigenvalue weighted by Crippen LogP contribution is -2.37. The highest BCUT2D eigenvalue weighted by atomic mass is 32.1. The van der Waals surface area contributed by atoms with Gasteiger partial charge in [-0.3, -0.25) is 9.69 Å². The van der Waals surface area contributed by atoms with Gasteiger partial charge in [-0.1, -0.05) is 0 Å². The number of Topliss-reactive ketones (excluding diaryl/α,β-unsaturated/α-hetero) is 1. The second kappa shape index (κ2) is 5.95. The highest BCUT2D eigenvalue weighted by Gasteiger charge is 2.16. The molecule has 0 aliphatic carbocycles. The number of hydrogen-bond acceptors (Lipinski definition) is 5. The molecular weight excluding hydrogens is 212 g/mol. The van der Waals surface area contributed by atoms with Crippen molar-refractivity contribution in [3.05, 3.63) is 16.6 Å². The van der Waals surface area contributed by atoms with Crippen molar-refractivity contribution in [3.8, 4) is 0 Å². The van der Waals surface area contributed by atoms with Gasteiger partial charge in [-0.15, -0.1) is 11.3 Å². The van der Waals surface area contributed by atoms with Crippen LogP contribution in [0, 0.1) is 0 Å². The normalized spacial score (nSPS) is 11.3. The Bertz CT molecular complexity index is 298. The molecule has 15 heavy (non-hydrogen) atoms. The Hall–Kier alpha value is -0.780. The Labute approximate surface area is 93.6 Å². The lowest BCUT2D eigenvalue weighted by molar-refractivity contribution is 0.0881. The highest BCUT2D eigenvalue weighted by molar-refractivity contribution is 7.11. The van der Waals surface area contributed by atoms with Crippen molar-refractivity contribution in [3.63, 3.8) is 0 Å². The number of ketones is 1. The smallest absolute Gasteiger partial charge is 0.205 e. The lowest BCUT2D eigenvalue weighted by Gasteiger charge is -2.24. The van der Waals surface area contributed by atoms with E-state index in [1.165, 1.54) is 11.3 Å². The number of carbonyl (C=O) groups excluding carboxylic acids is 1. The summed E-state index contributed by atoms with van der Waals surface area (Å²) in [6, 6.07) is 0.251. The van der Waals surface area contributed by atoms with E-state index in [1.807, 2.05) is 18.7 Å². The van der Waals surface area contributed by atoms with Crippen molar-refractivity contribution in [1.29, 1.82) is 0 Å². The molecule has 1 N–H and O–H groups in total. The Morgan fingerprint density at radius 2 is 2.40 bits per heavy atom. The van der Waals surface area contributed by atoms with Gasteiger partial charge in [0, 0.05) is 24.2 Å². The summed E-state index contributed by atoms with van der Waals surface area (Å²) < 4.78 is 0. The van der Waals surface area contributed by atoms with Crippen LogP contribution < -0.4 is 0 Å². The predicted molar refractivity (Wildman–Crippen MR) is 60.2 cm³/mol.